The molecule has 8 heteroatoms. The van der Waals surface area contributed by atoms with Crippen LogP contribution in [0.25, 0.3) is 0 Å². The van der Waals surface area contributed by atoms with Gasteiger partial charge in [0.05, 0.1) is 6.61 Å². The fourth-order valence-corrected chi connectivity index (χ4v) is 1.81. The third-order valence-corrected chi connectivity index (χ3v) is 2.87. The van der Waals surface area contributed by atoms with Gasteiger partial charge in [0.15, 0.2) is 6.10 Å². The van der Waals surface area contributed by atoms with Gasteiger partial charge in [-0.25, -0.2) is 4.79 Å². The highest BCUT2D eigenvalue weighted by Crippen LogP contribution is 2.19. The molecule has 0 aliphatic carbocycles. The van der Waals surface area contributed by atoms with Crippen molar-refractivity contribution < 1.29 is 29.0 Å². The monoisotopic (exact) mass is 288 g/mol. The number of aliphatic carboxylic acids is 1. The molecule has 1 saturated heterocycles. The predicted octanol–water partition coefficient (Wildman–Crippen LogP) is -1.11. The highest BCUT2D eigenvalue weighted by molar-refractivity contribution is 5.83. The van der Waals surface area contributed by atoms with E-state index in [9.17, 15) is 14.4 Å². The number of hydrogen-bond acceptors (Lipinski definition) is 5. The van der Waals surface area contributed by atoms with E-state index in [2.05, 4.69) is 10.6 Å². The summed E-state index contributed by atoms with van der Waals surface area (Å²) in [5, 5.41) is 13.9. The highest BCUT2D eigenvalue weighted by Gasteiger charge is 2.34. The molecule has 1 fully saturated rings. The maximum absolute atomic E-state index is 11.7. The van der Waals surface area contributed by atoms with Gasteiger partial charge in [-0.05, 0) is 12.8 Å². The molecule has 0 aromatic rings. The number of amides is 2. The lowest BCUT2D eigenvalue weighted by molar-refractivity contribution is -0.151. The first-order chi connectivity index (χ1) is 9.54. The van der Waals surface area contributed by atoms with Crippen LogP contribution < -0.4 is 10.6 Å². The third-order valence-electron chi connectivity index (χ3n) is 2.87. The minimum Gasteiger partial charge on any atom is -0.479 e. The Bertz CT molecular complexity index is 360. The molecular weight excluding hydrogens is 268 g/mol. The van der Waals surface area contributed by atoms with Crippen molar-refractivity contribution in [1.82, 2.24) is 10.6 Å². The van der Waals surface area contributed by atoms with E-state index >= 15 is 0 Å². The van der Waals surface area contributed by atoms with Crippen LogP contribution in [-0.4, -0.2) is 61.9 Å². The maximum Gasteiger partial charge on any atom is 0.332 e. The summed E-state index contributed by atoms with van der Waals surface area (Å²) in [5.74, 6) is -1.62. The Morgan fingerprint density at radius 2 is 1.90 bits per heavy atom. The summed E-state index contributed by atoms with van der Waals surface area (Å²) in [7, 11) is 1.54. The zero-order chi connectivity index (χ0) is 15.0. The second kappa shape index (κ2) is 8.49. The Morgan fingerprint density at radius 3 is 2.50 bits per heavy atom. The molecule has 1 rings (SSSR count). The van der Waals surface area contributed by atoms with Crippen molar-refractivity contribution in [1.29, 1.82) is 0 Å². The Hall–Kier alpha value is -1.67. The van der Waals surface area contributed by atoms with Gasteiger partial charge in [0, 0.05) is 26.6 Å². The van der Waals surface area contributed by atoms with Crippen LogP contribution in [0.5, 0.6) is 0 Å². The molecule has 0 aromatic carbocycles. The first-order valence-electron chi connectivity index (χ1n) is 6.46. The van der Waals surface area contributed by atoms with Gasteiger partial charge in [-0.1, -0.05) is 0 Å². The fourth-order valence-electron chi connectivity index (χ4n) is 1.81. The van der Waals surface area contributed by atoms with Crippen molar-refractivity contribution in [3.63, 3.8) is 0 Å². The number of rotatable bonds is 8. The number of carbonyl (C=O) groups is 3. The molecule has 1 heterocycles. The van der Waals surface area contributed by atoms with Gasteiger partial charge in [-0.15, -0.1) is 0 Å². The van der Waals surface area contributed by atoms with Gasteiger partial charge >= 0.3 is 5.97 Å². The normalized spacial score (nSPS) is 21.4. The number of carboxylic acid groups (broad SMARTS) is 1. The van der Waals surface area contributed by atoms with Gasteiger partial charge in [0.2, 0.25) is 11.8 Å². The van der Waals surface area contributed by atoms with E-state index in [0.717, 1.165) is 0 Å². The molecule has 1 aliphatic heterocycles. The van der Waals surface area contributed by atoms with E-state index in [1.165, 1.54) is 0 Å². The highest BCUT2D eigenvalue weighted by atomic mass is 16.5. The summed E-state index contributed by atoms with van der Waals surface area (Å²) in [4.78, 5) is 33.7. The lowest BCUT2D eigenvalue weighted by Gasteiger charge is -2.11. The van der Waals surface area contributed by atoms with Crippen molar-refractivity contribution in [3.05, 3.63) is 0 Å². The Morgan fingerprint density at radius 1 is 1.20 bits per heavy atom. The van der Waals surface area contributed by atoms with Crippen molar-refractivity contribution in [3.8, 4) is 0 Å². The SMILES string of the molecule is COCCNC(=O)CCNC(=O)C1CCC(C(=O)O)O1. The van der Waals surface area contributed by atoms with E-state index in [1.807, 2.05) is 0 Å². The molecule has 2 atom stereocenters. The van der Waals surface area contributed by atoms with Gasteiger partial charge in [0.25, 0.3) is 0 Å². The van der Waals surface area contributed by atoms with Crippen LogP contribution in [0.15, 0.2) is 0 Å². The van der Waals surface area contributed by atoms with Gasteiger partial charge in [-0.2, -0.15) is 0 Å². The zero-order valence-corrected chi connectivity index (χ0v) is 11.4. The molecule has 114 valence electrons. The van der Waals surface area contributed by atoms with Crippen LogP contribution in [0, 0.1) is 0 Å². The number of hydrogen-bond donors (Lipinski definition) is 3. The first kappa shape index (κ1) is 16.4. The standard InChI is InChI=1S/C12H20N2O6/c1-19-7-6-13-10(15)4-5-14-11(16)8-2-3-9(20-8)12(17)18/h8-9H,2-7H2,1H3,(H,13,15)(H,14,16)(H,17,18). The smallest absolute Gasteiger partial charge is 0.332 e. The molecule has 2 unspecified atom stereocenters. The van der Waals surface area contributed by atoms with Crippen molar-refractivity contribution >= 4 is 17.8 Å². The third kappa shape index (κ3) is 5.54. The summed E-state index contributed by atoms with van der Waals surface area (Å²) >= 11 is 0. The van der Waals surface area contributed by atoms with Crippen LogP contribution in [-0.2, 0) is 23.9 Å². The summed E-state index contributed by atoms with van der Waals surface area (Å²) in [5.41, 5.74) is 0. The number of methoxy groups -OCH3 is 1. The second-order valence-corrected chi connectivity index (χ2v) is 4.41. The van der Waals surface area contributed by atoms with Crippen LogP contribution in [0.2, 0.25) is 0 Å². The van der Waals surface area contributed by atoms with E-state index in [-0.39, 0.29) is 24.8 Å². The summed E-state index contributed by atoms with van der Waals surface area (Å²) in [6.07, 6.45) is -0.797. The number of carboxylic acids is 1. The summed E-state index contributed by atoms with van der Waals surface area (Å²) in [6.45, 7) is 1.05. The number of ether oxygens (including phenoxy) is 2. The molecule has 1 aliphatic rings. The van der Waals surface area contributed by atoms with Crippen molar-refractivity contribution in [2.24, 2.45) is 0 Å². The average molecular weight is 288 g/mol. The van der Waals surface area contributed by atoms with E-state index in [4.69, 9.17) is 14.6 Å². The predicted molar refractivity (Wildman–Crippen MR) is 68.0 cm³/mol. The summed E-state index contributed by atoms with van der Waals surface area (Å²) in [6, 6.07) is 0. The van der Waals surface area contributed by atoms with Crippen molar-refractivity contribution in [2.75, 3.05) is 26.8 Å². The molecular formula is C12H20N2O6. The van der Waals surface area contributed by atoms with E-state index in [0.29, 0.717) is 26.0 Å². The molecule has 0 aromatic heterocycles. The van der Waals surface area contributed by atoms with Crippen LogP contribution >= 0.6 is 0 Å². The second-order valence-electron chi connectivity index (χ2n) is 4.41. The molecule has 8 nitrogen and oxygen atoms in total. The topological polar surface area (TPSA) is 114 Å². The molecule has 20 heavy (non-hydrogen) atoms. The molecule has 0 bridgehead atoms. The van der Waals surface area contributed by atoms with Crippen LogP contribution in [0.1, 0.15) is 19.3 Å². The van der Waals surface area contributed by atoms with Gasteiger partial charge in [0.1, 0.15) is 6.10 Å². The number of carbonyl (C=O) groups excluding carboxylic acids is 2. The first-order valence-corrected chi connectivity index (χ1v) is 6.46. The minimum atomic E-state index is -1.06. The van der Waals surface area contributed by atoms with Crippen LogP contribution in [0.3, 0.4) is 0 Å². The Kier molecular flexibility index (Phi) is 6.96. The van der Waals surface area contributed by atoms with Gasteiger partial charge in [-0.3, -0.25) is 9.59 Å². The molecule has 2 amide bonds. The average Bonchev–Trinajstić information content (AvgIpc) is 2.88. The molecule has 3 N–H and O–H groups in total. The largest absolute Gasteiger partial charge is 0.479 e. The minimum absolute atomic E-state index is 0.157. The van der Waals surface area contributed by atoms with E-state index in [1.54, 1.807) is 7.11 Å². The zero-order valence-electron chi connectivity index (χ0n) is 11.4. The fraction of sp³-hybridized carbons (Fsp3) is 0.750. The molecule has 0 saturated carbocycles. The Balaban J connectivity index is 2.14. The van der Waals surface area contributed by atoms with Crippen molar-refractivity contribution in [2.45, 2.75) is 31.5 Å². The lowest BCUT2D eigenvalue weighted by atomic mass is 10.2. The lowest BCUT2D eigenvalue weighted by Crippen LogP contribution is -2.38. The van der Waals surface area contributed by atoms with Crippen LogP contribution in [0.4, 0.5) is 0 Å². The number of nitrogens with one attached hydrogen (secondary N) is 2. The maximum atomic E-state index is 11.7. The Labute approximate surface area is 116 Å². The quantitative estimate of drug-likeness (QED) is 0.488. The van der Waals surface area contributed by atoms with E-state index < -0.39 is 18.2 Å². The summed E-state index contributed by atoms with van der Waals surface area (Å²) < 4.78 is 9.88. The molecule has 0 spiro atoms. The molecule has 0 radical (unpaired) electrons. The van der Waals surface area contributed by atoms with Gasteiger partial charge < -0.3 is 25.2 Å².